The van der Waals surface area contributed by atoms with Crippen LogP contribution in [0.3, 0.4) is 0 Å². The van der Waals surface area contributed by atoms with Crippen LogP contribution in [-0.4, -0.2) is 14.8 Å². The van der Waals surface area contributed by atoms with E-state index in [-0.39, 0.29) is 5.82 Å². The number of hydrogen-bond acceptors (Lipinski definition) is 3. The van der Waals surface area contributed by atoms with Gasteiger partial charge in [-0.25, -0.2) is 4.39 Å². The summed E-state index contributed by atoms with van der Waals surface area (Å²) in [6, 6.07) is 3.34. The van der Waals surface area contributed by atoms with Gasteiger partial charge in [-0.3, -0.25) is 9.67 Å². The third-order valence-electron chi connectivity index (χ3n) is 1.92. The maximum Gasteiger partial charge on any atom is 0.170 e. The summed E-state index contributed by atoms with van der Waals surface area (Å²) in [5.74, 6) is -0.384. The van der Waals surface area contributed by atoms with E-state index in [1.54, 1.807) is 19.2 Å². The molecule has 0 aliphatic rings. The lowest BCUT2D eigenvalue weighted by atomic mass is 10.2. The van der Waals surface area contributed by atoms with E-state index in [1.165, 1.54) is 10.9 Å². The zero-order valence-corrected chi connectivity index (χ0v) is 7.61. The fourth-order valence-corrected chi connectivity index (χ4v) is 1.24. The molecule has 2 aromatic rings. The molecule has 2 heterocycles. The Hall–Kier alpha value is -1.91. The Bertz CT molecular complexity index is 427. The van der Waals surface area contributed by atoms with E-state index in [0.717, 1.165) is 6.20 Å². The van der Waals surface area contributed by atoms with Gasteiger partial charge in [0, 0.05) is 7.05 Å². The summed E-state index contributed by atoms with van der Waals surface area (Å²) in [5.41, 5.74) is 6.92. The van der Waals surface area contributed by atoms with Crippen LogP contribution in [0.1, 0.15) is 0 Å². The van der Waals surface area contributed by atoms with Crippen LogP contribution in [-0.2, 0) is 7.05 Å². The highest BCUT2D eigenvalue weighted by atomic mass is 19.1. The normalized spacial score (nSPS) is 10.4. The van der Waals surface area contributed by atoms with Gasteiger partial charge in [0.05, 0.1) is 23.8 Å². The first-order valence-corrected chi connectivity index (χ1v) is 4.08. The van der Waals surface area contributed by atoms with Gasteiger partial charge < -0.3 is 5.73 Å². The molecule has 0 atom stereocenters. The maximum absolute atomic E-state index is 13.2. The number of pyridine rings is 1. The van der Waals surface area contributed by atoms with Crippen molar-refractivity contribution in [1.29, 1.82) is 0 Å². The number of anilines is 1. The first-order valence-electron chi connectivity index (χ1n) is 4.08. The lowest BCUT2D eigenvalue weighted by Crippen LogP contribution is -1.97. The highest BCUT2D eigenvalue weighted by Gasteiger charge is 2.10. The van der Waals surface area contributed by atoms with E-state index in [1.807, 2.05) is 0 Å². The summed E-state index contributed by atoms with van der Waals surface area (Å²) >= 11 is 0. The number of rotatable bonds is 1. The molecule has 0 unspecified atom stereocenters. The van der Waals surface area contributed by atoms with Crippen molar-refractivity contribution in [3.63, 3.8) is 0 Å². The minimum atomic E-state index is -0.384. The van der Waals surface area contributed by atoms with Gasteiger partial charge in [-0.05, 0) is 12.1 Å². The highest BCUT2D eigenvalue weighted by Crippen LogP contribution is 2.19. The number of halogens is 1. The van der Waals surface area contributed by atoms with Crippen molar-refractivity contribution < 1.29 is 4.39 Å². The Labute approximate surface area is 80.2 Å². The monoisotopic (exact) mass is 192 g/mol. The molecule has 2 rings (SSSR count). The molecular formula is C9H9FN4. The Morgan fingerprint density at radius 3 is 2.64 bits per heavy atom. The van der Waals surface area contributed by atoms with Gasteiger partial charge in [0.1, 0.15) is 5.69 Å². The molecule has 4 nitrogen and oxygen atoms in total. The van der Waals surface area contributed by atoms with Crippen LogP contribution in [0.4, 0.5) is 10.1 Å². The van der Waals surface area contributed by atoms with Gasteiger partial charge in [-0.15, -0.1) is 0 Å². The molecular weight excluding hydrogens is 183 g/mol. The third-order valence-corrected chi connectivity index (χ3v) is 1.92. The van der Waals surface area contributed by atoms with Gasteiger partial charge in [-0.1, -0.05) is 0 Å². The van der Waals surface area contributed by atoms with E-state index in [2.05, 4.69) is 10.1 Å². The fraction of sp³-hybridized carbons (Fsp3) is 0.111. The van der Waals surface area contributed by atoms with Crippen LogP contribution in [0.5, 0.6) is 0 Å². The molecule has 5 heteroatoms. The second-order valence-corrected chi connectivity index (χ2v) is 2.94. The average molecular weight is 192 g/mol. The molecule has 0 spiro atoms. The smallest absolute Gasteiger partial charge is 0.170 e. The largest absolute Gasteiger partial charge is 0.397 e. The van der Waals surface area contributed by atoms with E-state index >= 15 is 0 Å². The quantitative estimate of drug-likeness (QED) is 0.738. The van der Waals surface area contributed by atoms with Crippen LogP contribution in [0.2, 0.25) is 0 Å². The van der Waals surface area contributed by atoms with Gasteiger partial charge >= 0.3 is 0 Å². The SMILES string of the molecule is Cn1ncc(F)c1-c1ccc(N)cn1. The molecule has 0 fully saturated rings. The topological polar surface area (TPSA) is 56.7 Å². The van der Waals surface area contributed by atoms with E-state index in [4.69, 9.17) is 5.73 Å². The summed E-state index contributed by atoms with van der Waals surface area (Å²) < 4.78 is 14.7. The zero-order chi connectivity index (χ0) is 10.1. The summed E-state index contributed by atoms with van der Waals surface area (Å²) in [5, 5.41) is 3.79. The van der Waals surface area contributed by atoms with Gasteiger partial charge in [-0.2, -0.15) is 5.10 Å². The minimum Gasteiger partial charge on any atom is -0.397 e. The molecule has 0 saturated heterocycles. The molecule has 2 N–H and O–H groups in total. The number of hydrogen-bond donors (Lipinski definition) is 1. The molecule has 14 heavy (non-hydrogen) atoms. The van der Waals surface area contributed by atoms with E-state index in [0.29, 0.717) is 17.1 Å². The number of aromatic nitrogens is 3. The van der Waals surface area contributed by atoms with Crippen molar-refractivity contribution in [3.8, 4) is 11.4 Å². The number of nitrogen functional groups attached to an aromatic ring is 1. The van der Waals surface area contributed by atoms with Crippen molar-refractivity contribution in [2.24, 2.45) is 7.05 Å². The average Bonchev–Trinajstić information content (AvgIpc) is 2.49. The number of nitrogens with zero attached hydrogens (tertiary/aromatic N) is 3. The standard InChI is InChI=1S/C9H9FN4/c1-14-9(7(10)5-13-14)8-3-2-6(11)4-12-8/h2-5H,11H2,1H3. The Morgan fingerprint density at radius 2 is 2.14 bits per heavy atom. The predicted octanol–water partition coefficient (Wildman–Crippen LogP) is 1.20. The Balaban J connectivity index is 2.54. The first kappa shape index (κ1) is 8.68. The molecule has 0 aliphatic carbocycles. The third kappa shape index (κ3) is 1.32. The van der Waals surface area contributed by atoms with E-state index < -0.39 is 0 Å². The Kier molecular flexibility index (Phi) is 1.92. The molecule has 0 aromatic carbocycles. The first-order chi connectivity index (χ1) is 6.68. The summed E-state index contributed by atoms with van der Waals surface area (Å²) in [7, 11) is 1.66. The molecule has 72 valence electrons. The summed E-state index contributed by atoms with van der Waals surface area (Å²) in [4.78, 5) is 4.02. The van der Waals surface area contributed by atoms with Crippen molar-refractivity contribution in [1.82, 2.24) is 14.8 Å². The van der Waals surface area contributed by atoms with Crippen molar-refractivity contribution in [2.45, 2.75) is 0 Å². The molecule has 2 aromatic heterocycles. The molecule has 0 radical (unpaired) electrons. The molecule has 0 saturated carbocycles. The van der Waals surface area contributed by atoms with Gasteiger partial charge in [0.15, 0.2) is 5.82 Å². The molecule has 0 aliphatic heterocycles. The van der Waals surface area contributed by atoms with E-state index in [9.17, 15) is 4.39 Å². The van der Waals surface area contributed by atoms with Crippen molar-refractivity contribution in [3.05, 3.63) is 30.3 Å². The van der Waals surface area contributed by atoms with Crippen LogP contribution in [0.25, 0.3) is 11.4 Å². The van der Waals surface area contributed by atoms with Gasteiger partial charge in [0.25, 0.3) is 0 Å². The van der Waals surface area contributed by atoms with Crippen LogP contribution in [0.15, 0.2) is 24.5 Å². The lowest BCUT2D eigenvalue weighted by molar-refractivity contribution is 0.628. The number of nitrogens with two attached hydrogens (primary N) is 1. The van der Waals surface area contributed by atoms with Crippen molar-refractivity contribution in [2.75, 3.05) is 5.73 Å². The molecule has 0 amide bonds. The second-order valence-electron chi connectivity index (χ2n) is 2.94. The van der Waals surface area contributed by atoms with Gasteiger partial charge in [0.2, 0.25) is 0 Å². The minimum absolute atomic E-state index is 0.366. The zero-order valence-electron chi connectivity index (χ0n) is 7.61. The van der Waals surface area contributed by atoms with Crippen LogP contribution < -0.4 is 5.73 Å². The number of aryl methyl sites for hydroxylation is 1. The van der Waals surface area contributed by atoms with Crippen LogP contribution in [0, 0.1) is 5.82 Å². The summed E-state index contributed by atoms with van der Waals surface area (Å²) in [6.45, 7) is 0. The Morgan fingerprint density at radius 1 is 1.36 bits per heavy atom. The maximum atomic E-state index is 13.2. The molecule has 0 bridgehead atoms. The van der Waals surface area contributed by atoms with Crippen molar-refractivity contribution >= 4 is 5.69 Å². The second kappa shape index (κ2) is 3.10. The lowest BCUT2D eigenvalue weighted by Gasteiger charge is -2.01. The highest BCUT2D eigenvalue weighted by molar-refractivity contribution is 5.56. The predicted molar refractivity (Wildman–Crippen MR) is 50.8 cm³/mol. The van der Waals surface area contributed by atoms with Crippen LogP contribution >= 0.6 is 0 Å². The summed E-state index contributed by atoms with van der Waals surface area (Å²) in [6.07, 6.45) is 2.65. The fourth-order valence-electron chi connectivity index (χ4n) is 1.24.